The van der Waals surface area contributed by atoms with Gasteiger partial charge in [0.25, 0.3) is 5.91 Å². The molecule has 6 nitrogen and oxygen atoms in total. The normalized spacial score (nSPS) is 38.1. The fourth-order valence-corrected chi connectivity index (χ4v) is 5.36. The maximum Gasteiger partial charge on any atom is 0.264 e. The first kappa shape index (κ1) is 15.2. The second-order valence-corrected chi connectivity index (χ2v) is 7.44. The summed E-state index contributed by atoms with van der Waals surface area (Å²) in [5.74, 6) is 0.281. The Kier molecular flexibility index (Phi) is 3.04. The Morgan fingerprint density at radius 2 is 2.20 bits per heavy atom. The van der Waals surface area contributed by atoms with Gasteiger partial charge in [0.2, 0.25) is 0 Å². The van der Waals surface area contributed by atoms with Gasteiger partial charge in [0.05, 0.1) is 37.3 Å². The molecule has 0 radical (unpaired) electrons. The third kappa shape index (κ3) is 1.74. The Bertz CT molecular complexity index is 819. The van der Waals surface area contributed by atoms with Gasteiger partial charge >= 0.3 is 0 Å². The number of aliphatic imine (C=N–C) groups is 1. The third-order valence-corrected chi connectivity index (χ3v) is 6.42. The Balaban J connectivity index is 1.69. The molecule has 6 rings (SSSR count). The van der Waals surface area contributed by atoms with Gasteiger partial charge in [-0.25, -0.2) is 0 Å². The van der Waals surface area contributed by atoms with Crippen molar-refractivity contribution in [1.29, 1.82) is 0 Å². The summed E-state index contributed by atoms with van der Waals surface area (Å²) < 4.78 is 6.18. The predicted molar refractivity (Wildman–Crippen MR) is 90.5 cm³/mol. The number of rotatable bonds is 2. The topological polar surface area (TPSA) is 68.2 Å². The number of ketones is 1. The van der Waals surface area contributed by atoms with Gasteiger partial charge in [-0.3, -0.25) is 19.4 Å². The second kappa shape index (κ2) is 4.99. The summed E-state index contributed by atoms with van der Waals surface area (Å²) in [6.07, 6.45) is 0.986. The van der Waals surface area contributed by atoms with Crippen molar-refractivity contribution in [2.45, 2.75) is 37.3 Å². The van der Waals surface area contributed by atoms with E-state index in [0.717, 1.165) is 11.3 Å². The number of fused-ring (bicyclic) bond motifs is 2. The van der Waals surface area contributed by atoms with Crippen LogP contribution in [0, 0.1) is 11.8 Å². The molecule has 130 valence electrons. The lowest BCUT2D eigenvalue weighted by molar-refractivity contribution is -0.137. The molecule has 25 heavy (non-hydrogen) atoms. The largest absolute Gasteiger partial charge is 0.376 e. The van der Waals surface area contributed by atoms with Crippen molar-refractivity contribution in [2.24, 2.45) is 16.8 Å². The summed E-state index contributed by atoms with van der Waals surface area (Å²) in [6, 6.07) is 7.71. The van der Waals surface area contributed by atoms with Gasteiger partial charge < -0.3 is 4.74 Å². The van der Waals surface area contributed by atoms with Gasteiger partial charge in [-0.2, -0.15) is 5.06 Å². The summed E-state index contributed by atoms with van der Waals surface area (Å²) in [5.41, 5.74) is 1.67. The van der Waals surface area contributed by atoms with Gasteiger partial charge in [0.1, 0.15) is 5.41 Å². The Labute approximate surface area is 145 Å². The monoisotopic (exact) mass is 340 g/mol. The first-order chi connectivity index (χ1) is 12.1. The molecule has 0 aromatic heterocycles. The SMILES string of the molecule is CON1C(=O)[C@@]2(C[C@@H]3N=C(C(C)=O)[C@H]4C[C@H]2OC[C@@H]34)c2ccccc21. The molecule has 1 spiro atoms. The van der Waals surface area contributed by atoms with Crippen LogP contribution < -0.4 is 5.06 Å². The lowest BCUT2D eigenvalue weighted by atomic mass is 9.71. The average Bonchev–Trinajstić information content (AvgIpc) is 2.97. The van der Waals surface area contributed by atoms with Crippen LogP contribution in [0.2, 0.25) is 0 Å². The zero-order valence-electron chi connectivity index (χ0n) is 14.3. The van der Waals surface area contributed by atoms with Crippen LogP contribution in [0.15, 0.2) is 29.3 Å². The van der Waals surface area contributed by atoms with Crippen molar-refractivity contribution in [3.05, 3.63) is 29.8 Å². The molecular weight excluding hydrogens is 320 g/mol. The number of carbonyl (C=O) groups is 2. The van der Waals surface area contributed by atoms with Gasteiger partial charge in [-0.15, -0.1) is 0 Å². The van der Waals surface area contributed by atoms with Gasteiger partial charge in [-0.1, -0.05) is 18.2 Å². The first-order valence-corrected chi connectivity index (χ1v) is 8.76. The highest BCUT2D eigenvalue weighted by molar-refractivity contribution is 6.40. The first-order valence-electron chi connectivity index (χ1n) is 8.76. The average molecular weight is 340 g/mol. The highest BCUT2D eigenvalue weighted by Gasteiger charge is 2.64. The molecule has 3 fully saturated rings. The van der Waals surface area contributed by atoms with Crippen LogP contribution in [0.5, 0.6) is 0 Å². The van der Waals surface area contributed by atoms with Crippen LogP contribution in [-0.2, 0) is 24.6 Å². The van der Waals surface area contributed by atoms with Crippen molar-refractivity contribution in [1.82, 2.24) is 0 Å². The van der Waals surface area contributed by atoms with Crippen molar-refractivity contribution in [2.75, 3.05) is 18.8 Å². The van der Waals surface area contributed by atoms with E-state index >= 15 is 0 Å². The quantitative estimate of drug-likeness (QED) is 0.821. The zero-order chi connectivity index (χ0) is 17.3. The number of benzene rings is 1. The van der Waals surface area contributed by atoms with E-state index in [4.69, 9.17) is 14.6 Å². The van der Waals surface area contributed by atoms with Crippen molar-refractivity contribution in [3.8, 4) is 0 Å². The van der Waals surface area contributed by atoms with E-state index in [1.807, 2.05) is 24.3 Å². The molecule has 1 aromatic carbocycles. The highest BCUT2D eigenvalue weighted by atomic mass is 16.7. The number of para-hydroxylation sites is 1. The number of ether oxygens (including phenoxy) is 1. The molecule has 5 atom stereocenters. The summed E-state index contributed by atoms with van der Waals surface area (Å²) in [4.78, 5) is 35.5. The van der Waals surface area contributed by atoms with E-state index in [9.17, 15) is 9.59 Å². The van der Waals surface area contributed by atoms with Crippen LogP contribution in [0.4, 0.5) is 5.69 Å². The van der Waals surface area contributed by atoms with Crippen LogP contribution in [0.1, 0.15) is 25.3 Å². The minimum Gasteiger partial charge on any atom is -0.376 e. The molecule has 6 heteroatoms. The van der Waals surface area contributed by atoms with Crippen LogP contribution in [0.25, 0.3) is 0 Å². The van der Waals surface area contributed by atoms with Crippen molar-refractivity contribution < 1.29 is 19.2 Å². The maximum absolute atomic E-state index is 13.4. The number of hydroxylamine groups is 1. The number of amides is 1. The van der Waals surface area contributed by atoms with E-state index in [1.165, 1.54) is 12.2 Å². The molecule has 4 bridgehead atoms. The molecule has 0 N–H and O–H groups in total. The molecule has 1 aromatic rings. The third-order valence-electron chi connectivity index (χ3n) is 6.42. The van der Waals surface area contributed by atoms with Crippen LogP contribution >= 0.6 is 0 Å². The van der Waals surface area contributed by atoms with E-state index in [-0.39, 0.29) is 35.7 Å². The fourth-order valence-electron chi connectivity index (χ4n) is 5.36. The van der Waals surface area contributed by atoms with Crippen molar-refractivity contribution in [3.63, 3.8) is 0 Å². The minimum atomic E-state index is -0.771. The number of carbonyl (C=O) groups excluding carboxylic acids is 2. The molecule has 5 aliphatic rings. The fraction of sp³-hybridized carbons (Fsp3) is 0.526. The van der Waals surface area contributed by atoms with Gasteiger partial charge in [0, 0.05) is 18.8 Å². The lowest BCUT2D eigenvalue weighted by Gasteiger charge is -2.38. The number of Topliss-reactive ketones (excluding diaryl/α,β-unsaturated/α-hetero) is 1. The van der Waals surface area contributed by atoms with Gasteiger partial charge in [-0.05, 0) is 24.5 Å². The molecule has 1 amide bonds. The molecule has 0 unspecified atom stereocenters. The molecular formula is C19H20N2O4. The van der Waals surface area contributed by atoms with Crippen LogP contribution in [-0.4, -0.2) is 43.3 Å². The summed E-state index contributed by atoms with van der Waals surface area (Å²) in [5, 5.41) is 1.39. The summed E-state index contributed by atoms with van der Waals surface area (Å²) in [6.45, 7) is 2.15. The molecule has 4 heterocycles. The standard InChI is InChI=1S/C19H20N2O4/c1-10(22)17-11-7-16-19(8-14(20-17)12(11)9-25-16)13-5-3-4-6-15(13)21(24-2)18(19)23/h3-6,11-12,14,16H,7-9H2,1-2H3/t11-,12+,14-,16+,19-/m0/s1. The highest BCUT2D eigenvalue weighted by Crippen LogP contribution is 2.56. The summed E-state index contributed by atoms with van der Waals surface area (Å²) >= 11 is 0. The number of hydrogen-bond donors (Lipinski definition) is 0. The number of anilines is 1. The van der Waals surface area contributed by atoms with Gasteiger partial charge in [0.15, 0.2) is 5.78 Å². The molecule has 4 aliphatic heterocycles. The Morgan fingerprint density at radius 1 is 1.40 bits per heavy atom. The Hall–Kier alpha value is -2.05. The zero-order valence-corrected chi connectivity index (χ0v) is 14.3. The molecule has 1 aliphatic carbocycles. The van der Waals surface area contributed by atoms with E-state index < -0.39 is 5.41 Å². The van der Waals surface area contributed by atoms with Crippen LogP contribution in [0.3, 0.4) is 0 Å². The van der Waals surface area contributed by atoms with Crippen molar-refractivity contribution >= 4 is 23.1 Å². The predicted octanol–water partition coefficient (Wildman–Crippen LogP) is 1.67. The maximum atomic E-state index is 13.4. The number of nitrogens with zero attached hydrogens (tertiary/aromatic N) is 2. The van der Waals surface area contributed by atoms with E-state index in [0.29, 0.717) is 25.2 Å². The minimum absolute atomic E-state index is 0.0470. The smallest absolute Gasteiger partial charge is 0.264 e. The van der Waals surface area contributed by atoms with E-state index in [1.54, 1.807) is 6.92 Å². The lowest BCUT2D eigenvalue weighted by Crippen LogP contribution is -2.51. The second-order valence-electron chi connectivity index (χ2n) is 7.44. The van der Waals surface area contributed by atoms with E-state index in [2.05, 4.69) is 0 Å². The summed E-state index contributed by atoms with van der Waals surface area (Å²) in [7, 11) is 1.51. The Morgan fingerprint density at radius 3 is 2.96 bits per heavy atom. The number of hydrogen-bond acceptors (Lipinski definition) is 5. The molecule has 2 saturated heterocycles. The molecule has 1 saturated carbocycles.